The van der Waals surface area contributed by atoms with E-state index in [1.807, 2.05) is 0 Å². The Labute approximate surface area is 90.9 Å². The van der Waals surface area contributed by atoms with Gasteiger partial charge >= 0.3 is 0 Å². The third-order valence-electron chi connectivity index (χ3n) is 2.19. The fourth-order valence-electron chi connectivity index (χ4n) is 1.37. The fraction of sp³-hybridized carbons (Fsp3) is 0.400. The molecule has 0 heterocycles. The van der Waals surface area contributed by atoms with Crippen molar-refractivity contribution < 1.29 is 24.1 Å². The Kier molecular flexibility index (Phi) is 4.17. The first-order valence-corrected chi connectivity index (χ1v) is 4.68. The minimum Gasteiger partial charge on any atom is -0.399 e. The second kappa shape index (κ2) is 5.20. The van der Waals surface area contributed by atoms with Crippen LogP contribution in [-0.2, 0) is 0 Å². The number of nitrogen functional groups attached to an aromatic ring is 1. The van der Waals surface area contributed by atoms with Crippen molar-refractivity contribution in [2.45, 2.75) is 18.6 Å². The van der Waals surface area contributed by atoms with E-state index in [2.05, 4.69) is 0 Å². The Balaban J connectivity index is 3.03. The molecule has 6 heteroatoms. The maximum absolute atomic E-state index is 13.3. The molecule has 1 aromatic rings. The zero-order valence-electron chi connectivity index (χ0n) is 8.40. The first kappa shape index (κ1) is 12.8. The third kappa shape index (κ3) is 2.66. The third-order valence-corrected chi connectivity index (χ3v) is 2.19. The quantitative estimate of drug-likeness (QED) is 0.564. The number of hydrogen-bond acceptors (Lipinski definition) is 4. The molecule has 16 heavy (non-hydrogen) atoms. The maximum atomic E-state index is 13.3. The smallest absolute Gasteiger partial charge is 0.134 e. The lowest BCUT2D eigenvalue weighted by molar-refractivity contribution is 0.000396. The summed E-state index contributed by atoms with van der Waals surface area (Å²) >= 11 is 0. The molecule has 5 N–H and O–H groups in total. The zero-order chi connectivity index (χ0) is 12.3. The van der Waals surface area contributed by atoms with Crippen LogP contribution < -0.4 is 5.73 Å². The lowest BCUT2D eigenvalue weighted by atomic mass is 10.0. The van der Waals surface area contributed by atoms with Crippen molar-refractivity contribution in [3.05, 3.63) is 29.3 Å². The molecule has 1 aromatic carbocycles. The van der Waals surface area contributed by atoms with Crippen molar-refractivity contribution in [1.29, 1.82) is 0 Å². The Bertz CT molecular complexity index is 350. The Hall–Kier alpha value is -1.24. The Morgan fingerprint density at radius 3 is 2.12 bits per heavy atom. The van der Waals surface area contributed by atoms with Gasteiger partial charge in [0, 0.05) is 12.3 Å². The van der Waals surface area contributed by atoms with Gasteiger partial charge in [0.1, 0.15) is 17.7 Å². The Morgan fingerprint density at radius 2 is 1.69 bits per heavy atom. The van der Waals surface area contributed by atoms with Crippen LogP contribution >= 0.6 is 0 Å². The normalized spacial score (nSPS) is 14.8. The van der Waals surface area contributed by atoms with Crippen LogP contribution in [0.5, 0.6) is 0 Å². The van der Waals surface area contributed by atoms with Gasteiger partial charge in [0.15, 0.2) is 0 Å². The molecule has 0 aliphatic heterocycles. The summed E-state index contributed by atoms with van der Waals surface area (Å²) in [6, 6.07) is 1.71. The van der Waals surface area contributed by atoms with Crippen LogP contribution in [0.2, 0.25) is 0 Å². The van der Waals surface area contributed by atoms with E-state index < -0.39 is 36.0 Å². The van der Waals surface area contributed by atoms with Gasteiger partial charge in [-0.05, 0) is 18.6 Å². The molecule has 90 valence electrons. The minimum absolute atomic E-state index is 0.109. The van der Waals surface area contributed by atoms with Gasteiger partial charge in [-0.25, -0.2) is 8.78 Å². The number of nitrogens with two attached hydrogens (primary N) is 1. The Morgan fingerprint density at radius 1 is 1.19 bits per heavy atom. The molecule has 2 unspecified atom stereocenters. The van der Waals surface area contributed by atoms with Crippen LogP contribution in [0.4, 0.5) is 14.5 Å². The molecule has 0 saturated heterocycles. The summed E-state index contributed by atoms with van der Waals surface area (Å²) < 4.78 is 26.6. The van der Waals surface area contributed by atoms with Crippen LogP contribution in [0.1, 0.15) is 18.1 Å². The van der Waals surface area contributed by atoms with E-state index in [9.17, 15) is 19.0 Å². The fourth-order valence-corrected chi connectivity index (χ4v) is 1.37. The van der Waals surface area contributed by atoms with Gasteiger partial charge in [0.05, 0.1) is 11.7 Å². The van der Waals surface area contributed by atoms with Crippen LogP contribution in [0.25, 0.3) is 0 Å². The molecule has 0 aromatic heterocycles. The van der Waals surface area contributed by atoms with E-state index in [-0.39, 0.29) is 12.1 Å². The van der Waals surface area contributed by atoms with Gasteiger partial charge in [-0.2, -0.15) is 0 Å². The molecule has 0 saturated carbocycles. The standard InChI is InChI=1S/C10H13F2NO3/c11-6-3-5(13)4-7(12)9(6)10(16)8(15)1-2-14/h3-4,8,10,14-16H,1-2,13H2. The first-order valence-electron chi connectivity index (χ1n) is 4.68. The van der Waals surface area contributed by atoms with Gasteiger partial charge < -0.3 is 21.1 Å². The molecule has 0 aliphatic carbocycles. The molecule has 0 aliphatic rings. The van der Waals surface area contributed by atoms with Crippen molar-refractivity contribution in [2.75, 3.05) is 12.3 Å². The van der Waals surface area contributed by atoms with Gasteiger partial charge in [-0.3, -0.25) is 0 Å². The van der Waals surface area contributed by atoms with E-state index in [0.29, 0.717) is 0 Å². The highest BCUT2D eigenvalue weighted by Crippen LogP contribution is 2.26. The van der Waals surface area contributed by atoms with E-state index in [0.717, 1.165) is 12.1 Å². The maximum Gasteiger partial charge on any atom is 0.134 e. The van der Waals surface area contributed by atoms with E-state index in [1.165, 1.54) is 0 Å². The molecular weight excluding hydrogens is 220 g/mol. The van der Waals surface area contributed by atoms with Crippen LogP contribution in [0, 0.1) is 11.6 Å². The second-order valence-electron chi connectivity index (χ2n) is 3.42. The van der Waals surface area contributed by atoms with Crippen LogP contribution in [-0.4, -0.2) is 28.0 Å². The molecule has 0 spiro atoms. The van der Waals surface area contributed by atoms with Crippen molar-refractivity contribution >= 4 is 5.69 Å². The highest BCUT2D eigenvalue weighted by atomic mass is 19.1. The second-order valence-corrected chi connectivity index (χ2v) is 3.42. The summed E-state index contributed by atoms with van der Waals surface area (Å²) in [5.74, 6) is -2.05. The lowest BCUT2D eigenvalue weighted by Gasteiger charge is -2.18. The first-order chi connectivity index (χ1) is 7.47. The number of aliphatic hydroxyl groups excluding tert-OH is 3. The van der Waals surface area contributed by atoms with Gasteiger partial charge in [0.25, 0.3) is 0 Å². The summed E-state index contributed by atoms with van der Waals surface area (Å²) in [5, 5.41) is 27.3. The molecule has 0 radical (unpaired) electrons. The molecule has 2 atom stereocenters. The highest BCUT2D eigenvalue weighted by molar-refractivity contribution is 5.42. The summed E-state index contributed by atoms with van der Waals surface area (Å²) in [5.41, 5.74) is 4.45. The van der Waals surface area contributed by atoms with Crippen LogP contribution in [0.3, 0.4) is 0 Å². The number of aliphatic hydroxyl groups is 3. The summed E-state index contributed by atoms with van der Waals surface area (Å²) in [6.07, 6.45) is -3.34. The molecule has 0 fully saturated rings. The zero-order valence-corrected chi connectivity index (χ0v) is 8.40. The molecular formula is C10H13F2NO3. The molecule has 4 nitrogen and oxygen atoms in total. The van der Waals surface area contributed by atoms with Crippen molar-refractivity contribution in [2.24, 2.45) is 0 Å². The number of halogens is 2. The average Bonchev–Trinajstić information content (AvgIpc) is 2.16. The summed E-state index contributed by atoms with van der Waals surface area (Å²) in [6.45, 7) is -0.392. The van der Waals surface area contributed by atoms with Gasteiger partial charge in [-0.1, -0.05) is 0 Å². The van der Waals surface area contributed by atoms with Crippen molar-refractivity contribution in [3.63, 3.8) is 0 Å². The number of anilines is 1. The predicted octanol–water partition coefficient (Wildman–Crippen LogP) is 0.324. The monoisotopic (exact) mass is 233 g/mol. The SMILES string of the molecule is Nc1cc(F)c(C(O)C(O)CCO)c(F)c1. The van der Waals surface area contributed by atoms with Crippen LogP contribution in [0.15, 0.2) is 12.1 Å². The topological polar surface area (TPSA) is 86.7 Å². The average molecular weight is 233 g/mol. The molecule has 0 bridgehead atoms. The largest absolute Gasteiger partial charge is 0.399 e. The summed E-state index contributed by atoms with van der Waals surface area (Å²) in [7, 11) is 0. The lowest BCUT2D eigenvalue weighted by Crippen LogP contribution is -2.21. The van der Waals surface area contributed by atoms with Gasteiger partial charge in [0.2, 0.25) is 0 Å². The molecule has 1 rings (SSSR count). The van der Waals surface area contributed by atoms with E-state index in [1.54, 1.807) is 0 Å². The van der Waals surface area contributed by atoms with E-state index >= 15 is 0 Å². The van der Waals surface area contributed by atoms with Crippen molar-refractivity contribution in [3.8, 4) is 0 Å². The minimum atomic E-state index is -1.73. The van der Waals surface area contributed by atoms with Gasteiger partial charge in [-0.15, -0.1) is 0 Å². The number of rotatable bonds is 4. The highest BCUT2D eigenvalue weighted by Gasteiger charge is 2.25. The van der Waals surface area contributed by atoms with E-state index in [4.69, 9.17) is 10.8 Å². The predicted molar refractivity (Wildman–Crippen MR) is 53.4 cm³/mol. The number of benzene rings is 1. The summed E-state index contributed by atoms with van der Waals surface area (Å²) in [4.78, 5) is 0. The molecule has 0 amide bonds. The van der Waals surface area contributed by atoms with Crippen molar-refractivity contribution in [1.82, 2.24) is 0 Å². The number of hydrogen-bond donors (Lipinski definition) is 4.